The lowest BCUT2D eigenvalue weighted by molar-refractivity contribution is -0.0402. The number of morpholine rings is 1. The summed E-state index contributed by atoms with van der Waals surface area (Å²) in [6.45, 7) is 6.51. The highest BCUT2D eigenvalue weighted by molar-refractivity contribution is 5.08. The van der Waals surface area contributed by atoms with Gasteiger partial charge in [-0.1, -0.05) is 6.07 Å². The van der Waals surface area contributed by atoms with Crippen LogP contribution >= 0.6 is 0 Å². The number of pyridine rings is 1. The summed E-state index contributed by atoms with van der Waals surface area (Å²) in [6, 6.07) is 4.11. The molecule has 0 aliphatic carbocycles. The van der Waals surface area contributed by atoms with Crippen molar-refractivity contribution < 1.29 is 4.74 Å². The normalized spacial score (nSPS) is 20.1. The van der Waals surface area contributed by atoms with Gasteiger partial charge in [0.15, 0.2) is 0 Å². The molecule has 1 saturated heterocycles. The van der Waals surface area contributed by atoms with E-state index in [1.807, 2.05) is 29.3 Å². The zero-order chi connectivity index (χ0) is 13.8. The van der Waals surface area contributed by atoms with Crippen LogP contribution < -0.4 is 0 Å². The summed E-state index contributed by atoms with van der Waals surface area (Å²) in [5.41, 5.74) is 2.44. The van der Waals surface area contributed by atoms with Crippen molar-refractivity contribution in [3.63, 3.8) is 0 Å². The molecule has 0 N–H and O–H groups in total. The lowest BCUT2D eigenvalue weighted by atomic mass is 10.2. The Morgan fingerprint density at radius 2 is 2.35 bits per heavy atom. The predicted molar refractivity (Wildman–Crippen MR) is 76.2 cm³/mol. The van der Waals surface area contributed by atoms with E-state index in [9.17, 15) is 0 Å². The predicted octanol–water partition coefficient (Wildman–Crippen LogP) is 1.49. The first-order valence-electron chi connectivity index (χ1n) is 7.01. The number of rotatable bonds is 4. The van der Waals surface area contributed by atoms with Gasteiger partial charge in [-0.25, -0.2) is 0 Å². The molecule has 0 spiro atoms. The lowest BCUT2D eigenvalue weighted by Crippen LogP contribution is -2.43. The highest BCUT2D eigenvalue weighted by Gasteiger charge is 2.21. The molecule has 106 valence electrons. The van der Waals surface area contributed by atoms with Crippen LogP contribution in [-0.4, -0.2) is 45.5 Å². The third-order valence-electron chi connectivity index (χ3n) is 3.50. The Morgan fingerprint density at radius 3 is 3.10 bits per heavy atom. The molecule has 1 aliphatic heterocycles. The Bertz CT molecular complexity index is 540. The molecule has 3 rings (SSSR count). The van der Waals surface area contributed by atoms with Crippen molar-refractivity contribution in [1.29, 1.82) is 0 Å². The van der Waals surface area contributed by atoms with Gasteiger partial charge in [-0.15, -0.1) is 0 Å². The summed E-state index contributed by atoms with van der Waals surface area (Å²) in [7, 11) is 0. The zero-order valence-corrected chi connectivity index (χ0v) is 11.8. The van der Waals surface area contributed by atoms with Crippen LogP contribution in [0.1, 0.15) is 11.1 Å². The molecule has 20 heavy (non-hydrogen) atoms. The van der Waals surface area contributed by atoms with Crippen molar-refractivity contribution in [3.05, 3.63) is 48.0 Å². The average molecular weight is 272 g/mol. The van der Waals surface area contributed by atoms with Crippen molar-refractivity contribution in [2.45, 2.75) is 26.1 Å². The van der Waals surface area contributed by atoms with Crippen molar-refractivity contribution >= 4 is 0 Å². The minimum atomic E-state index is 0.208. The van der Waals surface area contributed by atoms with Crippen molar-refractivity contribution in [2.24, 2.45) is 0 Å². The van der Waals surface area contributed by atoms with E-state index >= 15 is 0 Å². The van der Waals surface area contributed by atoms with Gasteiger partial charge in [0.05, 0.1) is 25.5 Å². The van der Waals surface area contributed by atoms with Crippen LogP contribution in [0.15, 0.2) is 36.9 Å². The van der Waals surface area contributed by atoms with Crippen molar-refractivity contribution in [2.75, 3.05) is 19.7 Å². The Kier molecular flexibility index (Phi) is 4.08. The third-order valence-corrected chi connectivity index (χ3v) is 3.50. The van der Waals surface area contributed by atoms with E-state index < -0.39 is 0 Å². The van der Waals surface area contributed by atoms with E-state index in [2.05, 4.69) is 34.2 Å². The SMILES string of the molecule is Cc1cnn(CC2CN(Cc3cccnc3)CCO2)c1. The van der Waals surface area contributed by atoms with Crippen LogP contribution in [0, 0.1) is 6.92 Å². The van der Waals surface area contributed by atoms with E-state index in [-0.39, 0.29) is 6.10 Å². The van der Waals surface area contributed by atoms with Crippen molar-refractivity contribution in [3.8, 4) is 0 Å². The summed E-state index contributed by atoms with van der Waals surface area (Å²) < 4.78 is 7.81. The van der Waals surface area contributed by atoms with Gasteiger partial charge in [0.2, 0.25) is 0 Å². The monoisotopic (exact) mass is 272 g/mol. The highest BCUT2D eigenvalue weighted by atomic mass is 16.5. The van der Waals surface area contributed by atoms with Gasteiger partial charge in [-0.3, -0.25) is 14.6 Å². The fraction of sp³-hybridized carbons (Fsp3) is 0.467. The largest absolute Gasteiger partial charge is 0.374 e. The standard InChI is InChI=1S/C15H20N4O/c1-13-7-17-19(9-13)12-15-11-18(5-6-20-15)10-14-3-2-4-16-8-14/h2-4,7-9,15H,5-6,10-12H2,1H3. The molecule has 1 unspecified atom stereocenters. The van der Waals surface area contributed by atoms with Gasteiger partial charge in [-0.2, -0.15) is 5.10 Å². The Labute approximate surface area is 119 Å². The maximum Gasteiger partial charge on any atom is 0.0898 e. The summed E-state index contributed by atoms with van der Waals surface area (Å²) in [6.07, 6.45) is 7.90. The molecule has 2 aromatic rings. The van der Waals surface area contributed by atoms with E-state index in [1.165, 1.54) is 11.1 Å². The van der Waals surface area contributed by atoms with Crippen LogP contribution in [0.3, 0.4) is 0 Å². The molecule has 3 heterocycles. The molecule has 5 heteroatoms. The minimum absolute atomic E-state index is 0.208. The molecular weight excluding hydrogens is 252 g/mol. The maximum atomic E-state index is 5.84. The second-order valence-electron chi connectivity index (χ2n) is 5.33. The van der Waals surface area contributed by atoms with Gasteiger partial charge < -0.3 is 4.74 Å². The minimum Gasteiger partial charge on any atom is -0.374 e. The molecule has 1 aliphatic rings. The van der Waals surface area contributed by atoms with Gasteiger partial charge in [0.1, 0.15) is 0 Å². The van der Waals surface area contributed by atoms with Crippen molar-refractivity contribution in [1.82, 2.24) is 19.7 Å². The fourth-order valence-corrected chi connectivity index (χ4v) is 2.56. The van der Waals surface area contributed by atoms with E-state index in [0.29, 0.717) is 0 Å². The quantitative estimate of drug-likeness (QED) is 0.846. The first kappa shape index (κ1) is 13.3. The summed E-state index contributed by atoms with van der Waals surface area (Å²) in [4.78, 5) is 6.59. The van der Waals surface area contributed by atoms with Crippen LogP contribution in [0.5, 0.6) is 0 Å². The van der Waals surface area contributed by atoms with Crippen LogP contribution in [-0.2, 0) is 17.8 Å². The van der Waals surface area contributed by atoms with E-state index in [4.69, 9.17) is 4.74 Å². The summed E-state index contributed by atoms with van der Waals surface area (Å²) in [5, 5.41) is 4.33. The van der Waals surface area contributed by atoms with E-state index in [1.54, 1.807) is 0 Å². The second-order valence-corrected chi connectivity index (χ2v) is 5.33. The number of nitrogens with zero attached hydrogens (tertiary/aromatic N) is 4. The zero-order valence-electron chi connectivity index (χ0n) is 11.8. The summed E-state index contributed by atoms with van der Waals surface area (Å²) >= 11 is 0. The van der Waals surface area contributed by atoms with Gasteiger partial charge in [-0.05, 0) is 24.1 Å². The molecule has 1 atom stereocenters. The molecule has 0 saturated carbocycles. The fourth-order valence-electron chi connectivity index (χ4n) is 2.56. The molecule has 0 amide bonds. The molecular formula is C15H20N4O. The molecule has 0 aromatic carbocycles. The number of hydrogen-bond acceptors (Lipinski definition) is 4. The first-order valence-corrected chi connectivity index (χ1v) is 7.01. The average Bonchev–Trinajstić information content (AvgIpc) is 2.86. The molecule has 2 aromatic heterocycles. The molecule has 0 radical (unpaired) electrons. The Morgan fingerprint density at radius 1 is 1.40 bits per heavy atom. The first-order chi connectivity index (χ1) is 9.79. The second kappa shape index (κ2) is 6.15. The van der Waals surface area contributed by atoms with Gasteiger partial charge in [0.25, 0.3) is 0 Å². The highest BCUT2D eigenvalue weighted by Crippen LogP contribution is 2.11. The lowest BCUT2D eigenvalue weighted by Gasteiger charge is -2.32. The van der Waals surface area contributed by atoms with Crippen LogP contribution in [0.25, 0.3) is 0 Å². The number of hydrogen-bond donors (Lipinski definition) is 0. The molecule has 0 bridgehead atoms. The smallest absolute Gasteiger partial charge is 0.0898 e. The van der Waals surface area contributed by atoms with Crippen LogP contribution in [0.4, 0.5) is 0 Å². The number of aryl methyl sites for hydroxylation is 1. The number of aromatic nitrogens is 3. The topological polar surface area (TPSA) is 43.2 Å². The molecule has 1 fully saturated rings. The summed E-state index contributed by atoms with van der Waals surface area (Å²) in [5.74, 6) is 0. The third kappa shape index (κ3) is 3.43. The van der Waals surface area contributed by atoms with E-state index in [0.717, 1.165) is 32.8 Å². The molecule has 5 nitrogen and oxygen atoms in total. The van der Waals surface area contributed by atoms with Gasteiger partial charge >= 0.3 is 0 Å². The Hall–Kier alpha value is -1.72. The number of ether oxygens (including phenoxy) is 1. The van der Waals surface area contributed by atoms with Gasteiger partial charge in [0, 0.05) is 38.2 Å². The Balaban J connectivity index is 1.56. The maximum absolute atomic E-state index is 5.84. The van der Waals surface area contributed by atoms with Crippen LogP contribution in [0.2, 0.25) is 0 Å².